The Morgan fingerprint density at radius 1 is 1.42 bits per heavy atom. The Labute approximate surface area is 72.1 Å². The van der Waals surface area contributed by atoms with Crippen LogP contribution in [0.5, 0.6) is 0 Å². The monoisotopic (exact) mass is 174 g/mol. The lowest BCUT2D eigenvalue weighted by Crippen LogP contribution is -1.98. The Hall–Kier alpha value is -0.860. The molecule has 0 bridgehead atoms. The van der Waals surface area contributed by atoms with E-state index in [9.17, 15) is 9.18 Å². The highest BCUT2D eigenvalue weighted by molar-refractivity contribution is 5.86. The molecule has 2 nitrogen and oxygen atoms in total. The van der Waals surface area contributed by atoms with Crippen molar-refractivity contribution in [2.75, 3.05) is 0 Å². The van der Waals surface area contributed by atoms with Crippen molar-refractivity contribution < 1.29 is 14.3 Å². The molecule has 0 rings (SSSR count). The van der Waals surface area contributed by atoms with Crippen LogP contribution in [0.2, 0.25) is 0 Å². The molecule has 0 aromatic carbocycles. The van der Waals surface area contributed by atoms with Crippen molar-refractivity contribution in [2.24, 2.45) is 0 Å². The summed E-state index contributed by atoms with van der Waals surface area (Å²) in [6.07, 6.45) is 2.94. The van der Waals surface area contributed by atoms with Crippen LogP contribution in [0.4, 0.5) is 4.39 Å². The minimum absolute atomic E-state index is 0.161. The lowest BCUT2D eigenvalue weighted by molar-refractivity contribution is -0.132. The van der Waals surface area contributed by atoms with Gasteiger partial charge in [-0.1, -0.05) is 19.8 Å². The van der Waals surface area contributed by atoms with Crippen LogP contribution in [0.25, 0.3) is 0 Å². The molecule has 0 spiro atoms. The van der Waals surface area contributed by atoms with Gasteiger partial charge in [0.05, 0.1) is 5.57 Å². The van der Waals surface area contributed by atoms with Crippen molar-refractivity contribution in [3.63, 3.8) is 0 Å². The fourth-order valence-electron chi connectivity index (χ4n) is 0.834. The van der Waals surface area contributed by atoms with E-state index < -0.39 is 11.8 Å². The summed E-state index contributed by atoms with van der Waals surface area (Å²) in [4.78, 5) is 10.3. The third-order valence-corrected chi connectivity index (χ3v) is 1.73. The lowest BCUT2D eigenvalue weighted by Gasteiger charge is -1.98. The molecule has 0 unspecified atom stereocenters. The maximum absolute atomic E-state index is 12.9. The molecule has 70 valence electrons. The van der Waals surface area contributed by atoms with Crippen LogP contribution < -0.4 is 0 Å². The first kappa shape index (κ1) is 11.1. The minimum Gasteiger partial charge on any atom is -0.478 e. The standard InChI is InChI=1S/C9H15FO2/c1-3-4-5-6-8(10)7(2)9(11)12/h3-6H2,1-2H3,(H,11,12)/b8-7+. The van der Waals surface area contributed by atoms with E-state index in [1.807, 2.05) is 6.92 Å². The highest BCUT2D eigenvalue weighted by Gasteiger charge is 2.07. The summed E-state index contributed by atoms with van der Waals surface area (Å²) in [5, 5.41) is 8.41. The predicted octanol–water partition coefficient (Wildman–Crippen LogP) is 2.89. The van der Waals surface area contributed by atoms with Crippen molar-refractivity contribution in [1.82, 2.24) is 0 Å². The maximum atomic E-state index is 12.9. The Kier molecular flexibility index (Phi) is 5.34. The second kappa shape index (κ2) is 5.75. The molecule has 0 radical (unpaired) electrons. The third kappa shape index (κ3) is 4.11. The van der Waals surface area contributed by atoms with Gasteiger partial charge in [0.15, 0.2) is 0 Å². The number of allylic oxidation sites excluding steroid dienone is 1. The number of rotatable bonds is 5. The molecule has 0 aliphatic carbocycles. The summed E-state index contributed by atoms with van der Waals surface area (Å²) in [6, 6.07) is 0. The zero-order valence-corrected chi connectivity index (χ0v) is 7.56. The molecule has 0 heterocycles. The zero-order valence-electron chi connectivity index (χ0n) is 7.56. The molecular formula is C9H15FO2. The second-order valence-corrected chi connectivity index (χ2v) is 2.79. The van der Waals surface area contributed by atoms with E-state index in [1.165, 1.54) is 6.92 Å². The Morgan fingerprint density at radius 3 is 2.42 bits per heavy atom. The largest absolute Gasteiger partial charge is 0.478 e. The molecule has 0 amide bonds. The fourth-order valence-corrected chi connectivity index (χ4v) is 0.834. The number of hydrogen-bond acceptors (Lipinski definition) is 1. The van der Waals surface area contributed by atoms with Gasteiger partial charge in [-0.25, -0.2) is 9.18 Å². The van der Waals surface area contributed by atoms with E-state index in [-0.39, 0.29) is 12.0 Å². The van der Waals surface area contributed by atoms with Crippen molar-refractivity contribution in [3.8, 4) is 0 Å². The van der Waals surface area contributed by atoms with Crippen LogP contribution in [0, 0.1) is 0 Å². The van der Waals surface area contributed by atoms with Crippen LogP contribution in [-0.4, -0.2) is 11.1 Å². The first-order chi connectivity index (χ1) is 5.59. The van der Waals surface area contributed by atoms with Gasteiger partial charge in [-0.2, -0.15) is 0 Å². The first-order valence-corrected chi connectivity index (χ1v) is 4.18. The van der Waals surface area contributed by atoms with Gasteiger partial charge in [0.25, 0.3) is 0 Å². The Bertz CT molecular complexity index is 185. The normalized spacial score (nSPS) is 12.6. The van der Waals surface area contributed by atoms with Crippen LogP contribution in [0.15, 0.2) is 11.4 Å². The number of aliphatic carboxylic acids is 1. The summed E-state index contributed by atoms with van der Waals surface area (Å²) in [6.45, 7) is 3.31. The van der Waals surface area contributed by atoms with E-state index in [0.29, 0.717) is 0 Å². The summed E-state index contributed by atoms with van der Waals surface area (Å²) in [5.74, 6) is -1.65. The fraction of sp³-hybridized carbons (Fsp3) is 0.667. The molecule has 0 fully saturated rings. The van der Waals surface area contributed by atoms with E-state index in [0.717, 1.165) is 19.3 Å². The van der Waals surface area contributed by atoms with Gasteiger partial charge in [-0.3, -0.25) is 0 Å². The second-order valence-electron chi connectivity index (χ2n) is 2.79. The van der Waals surface area contributed by atoms with Crippen LogP contribution in [0.1, 0.15) is 39.5 Å². The first-order valence-electron chi connectivity index (χ1n) is 4.18. The molecular weight excluding hydrogens is 159 g/mol. The van der Waals surface area contributed by atoms with Crippen LogP contribution in [-0.2, 0) is 4.79 Å². The number of unbranched alkanes of at least 4 members (excludes halogenated alkanes) is 2. The topological polar surface area (TPSA) is 37.3 Å². The predicted molar refractivity (Wildman–Crippen MR) is 45.6 cm³/mol. The van der Waals surface area contributed by atoms with Gasteiger partial charge in [-0.15, -0.1) is 0 Å². The third-order valence-electron chi connectivity index (χ3n) is 1.73. The van der Waals surface area contributed by atoms with E-state index >= 15 is 0 Å². The van der Waals surface area contributed by atoms with Crippen LogP contribution >= 0.6 is 0 Å². The molecule has 12 heavy (non-hydrogen) atoms. The summed E-state index contributed by atoms with van der Waals surface area (Å²) >= 11 is 0. The van der Waals surface area contributed by atoms with Crippen molar-refractivity contribution in [2.45, 2.75) is 39.5 Å². The van der Waals surface area contributed by atoms with Gasteiger partial charge in [0.2, 0.25) is 0 Å². The van der Waals surface area contributed by atoms with Gasteiger partial charge in [0.1, 0.15) is 5.83 Å². The SMILES string of the molecule is CCCCC/C(F)=C(/C)C(=O)O. The van der Waals surface area contributed by atoms with Gasteiger partial charge in [-0.05, 0) is 19.8 Å². The van der Waals surface area contributed by atoms with E-state index in [1.54, 1.807) is 0 Å². The minimum atomic E-state index is -1.16. The van der Waals surface area contributed by atoms with E-state index in [4.69, 9.17) is 5.11 Å². The van der Waals surface area contributed by atoms with Gasteiger partial charge in [0, 0.05) is 0 Å². The highest BCUT2D eigenvalue weighted by Crippen LogP contribution is 2.14. The molecule has 1 N–H and O–H groups in total. The highest BCUT2D eigenvalue weighted by atomic mass is 19.1. The average Bonchev–Trinajstić information content (AvgIpc) is 2.03. The summed E-state index contributed by atoms with van der Waals surface area (Å²) in [5.41, 5.74) is -0.161. The summed E-state index contributed by atoms with van der Waals surface area (Å²) < 4.78 is 12.9. The number of carbonyl (C=O) groups is 1. The smallest absolute Gasteiger partial charge is 0.333 e. The van der Waals surface area contributed by atoms with Gasteiger partial charge < -0.3 is 5.11 Å². The number of halogens is 1. The quantitative estimate of drug-likeness (QED) is 0.514. The Morgan fingerprint density at radius 2 is 2.00 bits per heavy atom. The average molecular weight is 174 g/mol. The van der Waals surface area contributed by atoms with Crippen molar-refractivity contribution >= 4 is 5.97 Å². The molecule has 0 atom stereocenters. The Balaban J connectivity index is 3.91. The molecule has 0 saturated heterocycles. The van der Waals surface area contributed by atoms with Crippen molar-refractivity contribution in [3.05, 3.63) is 11.4 Å². The number of carboxylic acids is 1. The van der Waals surface area contributed by atoms with Crippen LogP contribution in [0.3, 0.4) is 0 Å². The molecule has 0 saturated carbocycles. The molecule has 0 aliphatic rings. The zero-order chi connectivity index (χ0) is 9.56. The molecule has 0 aromatic rings. The molecule has 3 heteroatoms. The van der Waals surface area contributed by atoms with E-state index in [2.05, 4.69) is 0 Å². The number of carboxylic acid groups (broad SMARTS) is 1. The van der Waals surface area contributed by atoms with Gasteiger partial charge >= 0.3 is 5.97 Å². The van der Waals surface area contributed by atoms with Crippen molar-refractivity contribution in [1.29, 1.82) is 0 Å². The maximum Gasteiger partial charge on any atom is 0.333 e. The molecule has 0 aromatic heterocycles. The lowest BCUT2D eigenvalue weighted by atomic mass is 10.1. The number of hydrogen-bond donors (Lipinski definition) is 1. The summed E-state index contributed by atoms with van der Waals surface area (Å²) in [7, 11) is 0. The molecule has 0 aliphatic heterocycles.